The summed E-state index contributed by atoms with van der Waals surface area (Å²) in [6.07, 6.45) is 0.752. The maximum absolute atomic E-state index is 13.8. The third-order valence-corrected chi connectivity index (χ3v) is 5.52. The third-order valence-electron chi connectivity index (χ3n) is 5.27. The zero-order valence-corrected chi connectivity index (χ0v) is 18.2. The van der Waals surface area contributed by atoms with Crippen molar-refractivity contribution in [3.8, 4) is 5.75 Å². The first kappa shape index (κ1) is 23.0. The Balaban J connectivity index is 1.58. The average molecular weight is 451 g/mol. The van der Waals surface area contributed by atoms with Crippen LogP contribution >= 0.6 is 11.6 Å². The Bertz CT molecular complexity index is 929. The van der Waals surface area contributed by atoms with Crippen molar-refractivity contribution in [2.24, 2.45) is 5.92 Å². The Kier molecular flexibility index (Phi) is 7.49. The van der Waals surface area contributed by atoms with Gasteiger partial charge in [-0.15, -0.1) is 0 Å². The van der Waals surface area contributed by atoms with Crippen LogP contribution in [0.15, 0.2) is 42.5 Å². The van der Waals surface area contributed by atoms with Gasteiger partial charge in [-0.3, -0.25) is 9.59 Å². The monoisotopic (exact) mass is 450 g/mol. The predicted molar refractivity (Wildman–Crippen MR) is 114 cm³/mol. The van der Waals surface area contributed by atoms with Crippen LogP contribution in [-0.4, -0.2) is 41.9 Å². The van der Waals surface area contributed by atoms with Crippen molar-refractivity contribution in [1.29, 1.82) is 0 Å². The van der Waals surface area contributed by atoms with Gasteiger partial charge in [0.1, 0.15) is 18.0 Å². The number of carbonyl (C=O) groups is 2. The molecule has 1 saturated heterocycles. The number of likely N-dealkylation sites (tertiary alicyclic amines) is 1. The number of benzene rings is 2. The van der Waals surface area contributed by atoms with E-state index in [-0.39, 0.29) is 29.6 Å². The van der Waals surface area contributed by atoms with E-state index in [2.05, 4.69) is 5.32 Å². The number of amides is 2. The number of hydrogen-bond acceptors (Lipinski definition) is 3. The van der Waals surface area contributed by atoms with Crippen LogP contribution in [0.25, 0.3) is 0 Å². The molecule has 0 aromatic heterocycles. The molecular weight excluding hydrogens is 426 g/mol. The molecule has 1 heterocycles. The molecule has 0 aliphatic carbocycles. The largest absolute Gasteiger partial charge is 0.487 e. The Morgan fingerprint density at radius 1 is 1.10 bits per heavy atom. The minimum Gasteiger partial charge on any atom is -0.487 e. The van der Waals surface area contributed by atoms with Crippen LogP contribution in [0.2, 0.25) is 5.02 Å². The van der Waals surface area contributed by atoms with Crippen molar-refractivity contribution in [3.05, 3.63) is 64.7 Å². The first-order valence-electron chi connectivity index (χ1n) is 10.2. The molecule has 1 fully saturated rings. The second-order valence-corrected chi connectivity index (χ2v) is 8.36. The van der Waals surface area contributed by atoms with Crippen LogP contribution in [0.5, 0.6) is 5.75 Å². The molecule has 5 nitrogen and oxygen atoms in total. The van der Waals surface area contributed by atoms with Gasteiger partial charge in [0.2, 0.25) is 5.91 Å². The lowest BCUT2D eigenvalue weighted by molar-refractivity contribution is -0.136. The molecule has 2 amide bonds. The molecule has 1 atom stereocenters. The van der Waals surface area contributed by atoms with Gasteiger partial charge in [-0.25, -0.2) is 8.78 Å². The van der Waals surface area contributed by atoms with Gasteiger partial charge in [0, 0.05) is 42.6 Å². The van der Waals surface area contributed by atoms with E-state index in [1.54, 1.807) is 29.2 Å². The number of carbonyl (C=O) groups excluding carboxylic acids is 2. The van der Waals surface area contributed by atoms with E-state index in [1.165, 1.54) is 6.07 Å². The molecule has 1 unspecified atom stereocenters. The van der Waals surface area contributed by atoms with Crippen LogP contribution in [0.1, 0.15) is 37.0 Å². The molecule has 1 aliphatic heterocycles. The number of piperidine rings is 1. The number of halogens is 3. The van der Waals surface area contributed by atoms with Gasteiger partial charge in [-0.1, -0.05) is 25.4 Å². The van der Waals surface area contributed by atoms with Gasteiger partial charge < -0.3 is 15.0 Å². The highest BCUT2D eigenvalue weighted by Gasteiger charge is 2.32. The fourth-order valence-corrected chi connectivity index (χ4v) is 3.61. The minimum absolute atomic E-state index is 0.00135. The van der Waals surface area contributed by atoms with E-state index in [4.69, 9.17) is 16.3 Å². The summed E-state index contributed by atoms with van der Waals surface area (Å²) in [6.45, 7) is 4.59. The Morgan fingerprint density at radius 3 is 2.32 bits per heavy atom. The second kappa shape index (κ2) is 10.1. The fraction of sp³-hybridized carbons (Fsp3) is 0.391. The van der Waals surface area contributed by atoms with Gasteiger partial charge >= 0.3 is 0 Å². The third kappa shape index (κ3) is 5.94. The van der Waals surface area contributed by atoms with Crippen LogP contribution in [0, 0.1) is 17.6 Å². The summed E-state index contributed by atoms with van der Waals surface area (Å²) >= 11 is 5.86. The van der Waals surface area contributed by atoms with Crippen molar-refractivity contribution in [2.45, 2.75) is 38.8 Å². The molecule has 31 heavy (non-hydrogen) atoms. The summed E-state index contributed by atoms with van der Waals surface area (Å²) in [5, 5.41) is 3.35. The topological polar surface area (TPSA) is 58.6 Å². The molecular formula is C23H25ClF2N2O3. The number of nitrogens with zero attached hydrogens (tertiary/aromatic N) is 1. The zero-order valence-electron chi connectivity index (χ0n) is 17.4. The summed E-state index contributed by atoms with van der Waals surface area (Å²) in [7, 11) is 0. The quantitative estimate of drug-likeness (QED) is 0.707. The van der Waals surface area contributed by atoms with Gasteiger partial charge in [-0.05, 0) is 42.3 Å². The maximum atomic E-state index is 13.8. The molecule has 1 N–H and O–H groups in total. The SMILES string of the molecule is CC(C)C(NC(=O)c1ccc(Cl)cc1)C(=O)N1CCC(Oc2ccc(F)cc2F)CC1. The first-order valence-corrected chi connectivity index (χ1v) is 10.6. The number of hydrogen-bond donors (Lipinski definition) is 1. The maximum Gasteiger partial charge on any atom is 0.251 e. The Hall–Kier alpha value is -2.67. The normalized spacial score (nSPS) is 15.6. The summed E-state index contributed by atoms with van der Waals surface area (Å²) in [6, 6.07) is 8.99. The lowest BCUT2D eigenvalue weighted by Crippen LogP contribution is -2.53. The van der Waals surface area contributed by atoms with Gasteiger partial charge in [0.05, 0.1) is 0 Å². The molecule has 8 heteroatoms. The van der Waals surface area contributed by atoms with E-state index in [0.717, 1.165) is 12.1 Å². The second-order valence-electron chi connectivity index (χ2n) is 7.92. The Morgan fingerprint density at radius 2 is 1.74 bits per heavy atom. The van der Waals surface area contributed by atoms with Crippen molar-refractivity contribution in [3.63, 3.8) is 0 Å². The standard InChI is InChI=1S/C23H25ClF2N2O3/c1-14(2)21(27-22(29)15-3-5-16(24)6-4-15)23(30)28-11-9-18(10-12-28)31-20-8-7-17(25)13-19(20)26/h3-8,13-14,18,21H,9-12H2,1-2H3,(H,27,29). The van der Waals surface area contributed by atoms with Crippen LogP contribution in [0.4, 0.5) is 8.78 Å². The number of rotatable bonds is 6. The molecule has 0 saturated carbocycles. The summed E-state index contributed by atoms with van der Waals surface area (Å²) in [5.74, 6) is -2.01. The molecule has 0 spiro atoms. The summed E-state index contributed by atoms with van der Waals surface area (Å²) in [5.41, 5.74) is 0.427. The highest BCUT2D eigenvalue weighted by molar-refractivity contribution is 6.30. The Labute approximate surface area is 185 Å². The average Bonchev–Trinajstić information content (AvgIpc) is 2.74. The molecule has 2 aromatic carbocycles. The molecule has 3 rings (SSSR count). The number of ether oxygens (including phenoxy) is 1. The molecule has 0 bridgehead atoms. The lowest BCUT2D eigenvalue weighted by atomic mass is 10.00. The van der Waals surface area contributed by atoms with E-state index in [0.29, 0.717) is 36.5 Å². The summed E-state index contributed by atoms with van der Waals surface area (Å²) in [4.78, 5) is 27.3. The van der Waals surface area contributed by atoms with Crippen molar-refractivity contribution in [1.82, 2.24) is 10.2 Å². The highest BCUT2D eigenvalue weighted by atomic mass is 35.5. The summed E-state index contributed by atoms with van der Waals surface area (Å²) < 4.78 is 32.5. The molecule has 0 radical (unpaired) electrons. The van der Waals surface area contributed by atoms with Crippen molar-refractivity contribution < 1.29 is 23.1 Å². The van der Waals surface area contributed by atoms with E-state index < -0.39 is 17.7 Å². The number of nitrogens with one attached hydrogen (secondary N) is 1. The van der Waals surface area contributed by atoms with Crippen LogP contribution in [0.3, 0.4) is 0 Å². The van der Waals surface area contributed by atoms with Gasteiger partial charge in [0.15, 0.2) is 11.6 Å². The minimum atomic E-state index is -0.747. The predicted octanol–water partition coefficient (Wildman–Crippen LogP) is 4.44. The molecule has 166 valence electrons. The smallest absolute Gasteiger partial charge is 0.251 e. The van der Waals surface area contributed by atoms with Gasteiger partial charge in [-0.2, -0.15) is 0 Å². The van der Waals surface area contributed by atoms with E-state index >= 15 is 0 Å². The van der Waals surface area contributed by atoms with E-state index in [1.807, 2.05) is 13.8 Å². The van der Waals surface area contributed by atoms with Crippen molar-refractivity contribution >= 4 is 23.4 Å². The van der Waals surface area contributed by atoms with E-state index in [9.17, 15) is 18.4 Å². The lowest BCUT2D eigenvalue weighted by Gasteiger charge is -2.35. The van der Waals surface area contributed by atoms with Crippen LogP contribution in [-0.2, 0) is 4.79 Å². The molecule has 1 aliphatic rings. The highest BCUT2D eigenvalue weighted by Crippen LogP contribution is 2.23. The fourth-order valence-electron chi connectivity index (χ4n) is 3.48. The zero-order chi connectivity index (χ0) is 22.5. The van der Waals surface area contributed by atoms with Gasteiger partial charge in [0.25, 0.3) is 5.91 Å². The van der Waals surface area contributed by atoms with Crippen LogP contribution < -0.4 is 10.1 Å². The first-order chi connectivity index (χ1) is 14.7. The molecule has 2 aromatic rings. The van der Waals surface area contributed by atoms with Crippen molar-refractivity contribution in [2.75, 3.05) is 13.1 Å².